The predicted molar refractivity (Wildman–Crippen MR) is 74.1 cm³/mol. The molecule has 2 aliphatic heterocycles. The third-order valence-corrected chi connectivity index (χ3v) is 4.10. The molecule has 98 valence electrons. The van der Waals surface area contributed by atoms with Crippen molar-refractivity contribution < 1.29 is 4.74 Å². The average Bonchev–Trinajstić information content (AvgIpc) is 2.83. The number of rotatable bonds is 3. The Labute approximate surface area is 109 Å². The number of para-hydroxylation sites is 1. The standard InChI is InChI=1S/C15H22N2O/c1-2-13-11-17(7-8-18-13)10-12-9-16-15-6-4-3-5-14(12)15/h3-6,12-13,16H,2,7-11H2,1H3. The van der Waals surface area contributed by atoms with E-state index in [1.54, 1.807) is 0 Å². The van der Waals surface area contributed by atoms with E-state index in [1.807, 2.05) is 0 Å². The Morgan fingerprint density at radius 1 is 1.39 bits per heavy atom. The Hall–Kier alpha value is -1.06. The maximum atomic E-state index is 5.73. The molecule has 1 aromatic carbocycles. The SMILES string of the molecule is CCC1CN(CC2CNc3ccccc32)CCO1. The second-order valence-electron chi connectivity index (χ2n) is 5.33. The van der Waals surface area contributed by atoms with Crippen molar-refractivity contribution in [2.45, 2.75) is 25.4 Å². The largest absolute Gasteiger partial charge is 0.384 e. The van der Waals surface area contributed by atoms with Gasteiger partial charge in [0.05, 0.1) is 12.7 Å². The number of nitrogens with one attached hydrogen (secondary N) is 1. The van der Waals surface area contributed by atoms with Gasteiger partial charge in [-0.05, 0) is 18.1 Å². The Morgan fingerprint density at radius 3 is 3.17 bits per heavy atom. The third kappa shape index (κ3) is 2.38. The fraction of sp³-hybridized carbons (Fsp3) is 0.600. The van der Waals surface area contributed by atoms with E-state index in [1.165, 1.54) is 11.3 Å². The van der Waals surface area contributed by atoms with E-state index in [2.05, 4.69) is 41.4 Å². The molecule has 2 aliphatic rings. The zero-order chi connectivity index (χ0) is 12.4. The smallest absolute Gasteiger partial charge is 0.0700 e. The van der Waals surface area contributed by atoms with Crippen LogP contribution in [-0.4, -0.2) is 43.8 Å². The maximum absolute atomic E-state index is 5.73. The van der Waals surface area contributed by atoms with E-state index < -0.39 is 0 Å². The van der Waals surface area contributed by atoms with Crippen molar-refractivity contribution in [2.75, 3.05) is 38.1 Å². The van der Waals surface area contributed by atoms with Crippen LogP contribution >= 0.6 is 0 Å². The molecule has 1 N–H and O–H groups in total. The zero-order valence-electron chi connectivity index (χ0n) is 11.1. The quantitative estimate of drug-likeness (QED) is 0.885. The summed E-state index contributed by atoms with van der Waals surface area (Å²) in [5, 5.41) is 3.51. The van der Waals surface area contributed by atoms with Gasteiger partial charge >= 0.3 is 0 Å². The van der Waals surface area contributed by atoms with Crippen LogP contribution in [0.15, 0.2) is 24.3 Å². The fourth-order valence-electron chi connectivity index (χ4n) is 3.02. The Morgan fingerprint density at radius 2 is 2.28 bits per heavy atom. The van der Waals surface area contributed by atoms with Gasteiger partial charge in [0.2, 0.25) is 0 Å². The summed E-state index contributed by atoms with van der Waals surface area (Å²) >= 11 is 0. The van der Waals surface area contributed by atoms with Gasteiger partial charge < -0.3 is 10.1 Å². The molecule has 2 atom stereocenters. The Balaban J connectivity index is 1.64. The molecule has 0 aromatic heterocycles. The number of hydrogen-bond donors (Lipinski definition) is 1. The first-order valence-corrected chi connectivity index (χ1v) is 7.03. The molecule has 3 rings (SSSR count). The van der Waals surface area contributed by atoms with E-state index in [4.69, 9.17) is 4.74 Å². The number of anilines is 1. The summed E-state index contributed by atoms with van der Waals surface area (Å²) in [5.74, 6) is 0.636. The van der Waals surface area contributed by atoms with Crippen molar-refractivity contribution in [3.63, 3.8) is 0 Å². The number of ether oxygens (including phenoxy) is 1. The second kappa shape index (κ2) is 5.29. The molecule has 3 heteroatoms. The summed E-state index contributed by atoms with van der Waals surface area (Å²) in [4.78, 5) is 2.56. The van der Waals surface area contributed by atoms with Gasteiger partial charge in [-0.1, -0.05) is 25.1 Å². The van der Waals surface area contributed by atoms with Gasteiger partial charge in [-0.3, -0.25) is 4.90 Å². The molecule has 0 amide bonds. The molecule has 0 bridgehead atoms. The van der Waals surface area contributed by atoms with Crippen molar-refractivity contribution in [3.05, 3.63) is 29.8 Å². The first kappa shape index (κ1) is 12.0. The zero-order valence-corrected chi connectivity index (χ0v) is 11.1. The number of nitrogens with zero attached hydrogens (tertiary/aromatic N) is 1. The summed E-state index contributed by atoms with van der Waals surface area (Å²) in [6.07, 6.45) is 1.55. The Bertz CT molecular complexity index is 407. The van der Waals surface area contributed by atoms with Gasteiger partial charge in [0.15, 0.2) is 0 Å². The van der Waals surface area contributed by atoms with E-state index in [0.29, 0.717) is 12.0 Å². The monoisotopic (exact) mass is 246 g/mol. The predicted octanol–water partition coefficient (Wildman–Crippen LogP) is 2.31. The molecule has 2 unspecified atom stereocenters. The summed E-state index contributed by atoms with van der Waals surface area (Å²) in [6.45, 7) is 7.50. The lowest BCUT2D eigenvalue weighted by Crippen LogP contribution is -2.44. The molecule has 1 aromatic rings. The van der Waals surface area contributed by atoms with Gasteiger partial charge in [0, 0.05) is 37.8 Å². The minimum Gasteiger partial charge on any atom is -0.384 e. The Kier molecular flexibility index (Phi) is 3.52. The normalized spacial score (nSPS) is 27.8. The van der Waals surface area contributed by atoms with Crippen molar-refractivity contribution in [3.8, 4) is 0 Å². The van der Waals surface area contributed by atoms with Gasteiger partial charge in [-0.15, -0.1) is 0 Å². The van der Waals surface area contributed by atoms with Crippen LogP contribution < -0.4 is 5.32 Å². The maximum Gasteiger partial charge on any atom is 0.0700 e. The van der Waals surface area contributed by atoms with Gasteiger partial charge in [0.25, 0.3) is 0 Å². The van der Waals surface area contributed by atoms with Crippen LogP contribution in [-0.2, 0) is 4.74 Å². The summed E-state index contributed by atoms with van der Waals surface area (Å²) < 4.78 is 5.73. The molecule has 18 heavy (non-hydrogen) atoms. The number of hydrogen-bond acceptors (Lipinski definition) is 3. The lowest BCUT2D eigenvalue weighted by Gasteiger charge is -2.34. The highest BCUT2D eigenvalue weighted by Gasteiger charge is 2.26. The minimum absolute atomic E-state index is 0.434. The van der Waals surface area contributed by atoms with Gasteiger partial charge in [0.1, 0.15) is 0 Å². The van der Waals surface area contributed by atoms with E-state index in [0.717, 1.165) is 39.2 Å². The van der Waals surface area contributed by atoms with Crippen LogP contribution in [0.5, 0.6) is 0 Å². The minimum atomic E-state index is 0.434. The summed E-state index contributed by atoms with van der Waals surface area (Å²) in [7, 11) is 0. The molecular formula is C15H22N2O. The van der Waals surface area contributed by atoms with Crippen LogP contribution in [0.1, 0.15) is 24.8 Å². The van der Waals surface area contributed by atoms with Crippen molar-refractivity contribution in [2.24, 2.45) is 0 Å². The van der Waals surface area contributed by atoms with Gasteiger partial charge in [-0.2, -0.15) is 0 Å². The van der Waals surface area contributed by atoms with Gasteiger partial charge in [-0.25, -0.2) is 0 Å². The van der Waals surface area contributed by atoms with Crippen LogP contribution in [0.3, 0.4) is 0 Å². The number of benzene rings is 1. The third-order valence-electron chi connectivity index (χ3n) is 4.10. The van der Waals surface area contributed by atoms with Crippen molar-refractivity contribution in [1.29, 1.82) is 0 Å². The molecule has 2 heterocycles. The van der Waals surface area contributed by atoms with Crippen LogP contribution in [0.2, 0.25) is 0 Å². The summed E-state index contributed by atoms with van der Waals surface area (Å²) in [6, 6.07) is 8.70. The van der Waals surface area contributed by atoms with Crippen molar-refractivity contribution in [1.82, 2.24) is 4.90 Å². The molecule has 0 aliphatic carbocycles. The average molecular weight is 246 g/mol. The lowest BCUT2D eigenvalue weighted by atomic mass is 10.0. The first-order valence-electron chi connectivity index (χ1n) is 7.03. The van der Waals surface area contributed by atoms with Crippen LogP contribution in [0.4, 0.5) is 5.69 Å². The van der Waals surface area contributed by atoms with Crippen LogP contribution in [0, 0.1) is 0 Å². The summed E-state index contributed by atoms with van der Waals surface area (Å²) in [5.41, 5.74) is 2.81. The van der Waals surface area contributed by atoms with E-state index in [-0.39, 0.29) is 0 Å². The molecule has 3 nitrogen and oxygen atoms in total. The second-order valence-corrected chi connectivity index (χ2v) is 5.33. The highest BCUT2D eigenvalue weighted by Crippen LogP contribution is 2.31. The molecule has 1 saturated heterocycles. The molecular weight excluding hydrogens is 224 g/mol. The lowest BCUT2D eigenvalue weighted by molar-refractivity contribution is -0.0308. The molecule has 1 fully saturated rings. The number of morpholine rings is 1. The van der Waals surface area contributed by atoms with E-state index in [9.17, 15) is 0 Å². The van der Waals surface area contributed by atoms with Crippen molar-refractivity contribution >= 4 is 5.69 Å². The first-order chi connectivity index (χ1) is 8.86. The fourth-order valence-corrected chi connectivity index (χ4v) is 3.02. The number of fused-ring (bicyclic) bond motifs is 1. The van der Waals surface area contributed by atoms with E-state index >= 15 is 0 Å². The topological polar surface area (TPSA) is 24.5 Å². The van der Waals surface area contributed by atoms with Crippen LogP contribution in [0.25, 0.3) is 0 Å². The highest BCUT2D eigenvalue weighted by molar-refractivity contribution is 5.57. The molecule has 0 radical (unpaired) electrons. The molecule has 0 saturated carbocycles. The molecule has 0 spiro atoms. The highest BCUT2D eigenvalue weighted by atomic mass is 16.5.